The van der Waals surface area contributed by atoms with E-state index in [-0.39, 0.29) is 27.3 Å². The van der Waals surface area contributed by atoms with Gasteiger partial charge in [0.05, 0.1) is 10.2 Å². The highest BCUT2D eigenvalue weighted by atomic mass is 79.9. The van der Waals surface area contributed by atoms with Crippen molar-refractivity contribution in [1.82, 2.24) is 5.32 Å². The third kappa shape index (κ3) is 1.61. The van der Waals surface area contributed by atoms with Crippen molar-refractivity contribution in [1.29, 1.82) is 0 Å². The summed E-state index contributed by atoms with van der Waals surface area (Å²) in [5, 5.41) is 3.05. The Morgan fingerprint density at radius 1 is 1.37 bits per heavy atom. The van der Waals surface area contributed by atoms with Gasteiger partial charge in [-0.25, -0.2) is 0 Å². The predicted molar refractivity (Wildman–Crippen MR) is 79.2 cm³/mol. The van der Waals surface area contributed by atoms with Crippen molar-refractivity contribution in [2.75, 3.05) is 6.54 Å². The molecule has 108 valence electrons. The summed E-state index contributed by atoms with van der Waals surface area (Å²) in [6.45, 7) is 9.00. The first-order chi connectivity index (χ1) is 8.75. The molecule has 2 aliphatic rings. The quantitative estimate of drug-likeness (QED) is 0.636. The highest BCUT2D eigenvalue weighted by Crippen LogP contribution is 2.72. The SMILES string of the molecule is CCCCNC(=O)[C@@]12CC[C@@](C)(C(=O)[C@H]1Br)C2(C)C. The molecule has 1 amide bonds. The predicted octanol–water partition coefficient (Wildman–Crippen LogP) is 3.06. The van der Waals surface area contributed by atoms with Crippen molar-refractivity contribution in [3.63, 3.8) is 0 Å². The van der Waals surface area contributed by atoms with Crippen molar-refractivity contribution in [3.8, 4) is 0 Å². The molecule has 0 aromatic carbocycles. The Morgan fingerprint density at radius 2 is 2.00 bits per heavy atom. The molecule has 2 saturated carbocycles. The molecular weight excluding hydrogens is 306 g/mol. The van der Waals surface area contributed by atoms with Crippen molar-refractivity contribution in [2.24, 2.45) is 16.2 Å². The third-order valence-corrected chi connectivity index (χ3v) is 7.14. The fourth-order valence-electron chi connectivity index (χ4n) is 3.99. The number of Topliss-reactive ketones (excluding diaryl/α,β-unsaturated/α-hetero) is 1. The van der Waals surface area contributed by atoms with Crippen LogP contribution in [-0.4, -0.2) is 23.1 Å². The van der Waals surface area contributed by atoms with Gasteiger partial charge in [-0.05, 0) is 24.7 Å². The highest BCUT2D eigenvalue weighted by molar-refractivity contribution is 9.10. The summed E-state index contributed by atoms with van der Waals surface area (Å²) in [5.41, 5.74) is -1.24. The van der Waals surface area contributed by atoms with Gasteiger partial charge < -0.3 is 5.32 Å². The number of unbranched alkanes of at least 4 members (excludes halogenated alkanes) is 1. The van der Waals surface area contributed by atoms with E-state index in [1.165, 1.54) is 0 Å². The van der Waals surface area contributed by atoms with Gasteiger partial charge in [-0.3, -0.25) is 9.59 Å². The summed E-state index contributed by atoms with van der Waals surface area (Å²) in [6, 6.07) is 0. The number of nitrogens with one attached hydrogen (secondary N) is 1. The number of amides is 1. The standard InChI is InChI=1S/C15H24BrNO2/c1-5-6-9-17-12(19)15-8-7-14(4,13(15,2)3)11(18)10(15)16/h10H,5-9H2,1-4H3,(H,17,19)/t10-,14+,15-/m1/s1. The number of carbonyl (C=O) groups is 2. The zero-order chi connectivity index (χ0) is 14.5. The maximum absolute atomic E-state index is 12.7. The lowest BCUT2D eigenvalue weighted by Crippen LogP contribution is -2.51. The zero-order valence-electron chi connectivity index (χ0n) is 12.3. The summed E-state index contributed by atoms with van der Waals surface area (Å²) < 4.78 is 0. The van der Waals surface area contributed by atoms with Crippen LogP contribution in [0.4, 0.5) is 0 Å². The van der Waals surface area contributed by atoms with Crippen LogP contribution in [0.2, 0.25) is 0 Å². The summed E-state index contributed by atoms with van der Waals surface area (Å²) in [4.78, 5) is 24.9. The fraction of sp³-hybridized carbons (Fsp3) is 0.867. The van der Waals surface area contributed by atoms with Crippen molar-refractivity contribution in [2.45, 2.75) is 58.2 Å². The second-order valence-electron chi connectivity index (χ2n) is 6.76. The second-order valence-corrected chi connectivity index (χ2v) is 7.68. The first kappa shape index (κ1) is 15.0. The summed E-state index contributed by atoms with van der Waals surface area (Å²) >= 11 is 3.53. The molecule has 0 spiro atoms. The van der Waals surface area contributed by atoms with Crippen molar-refractivity contribution in [3.05, 3.63) is 0 Å². The van der Waals surface area contributed by atoms with Gasteiger partial charge in [0.25, 0.3) is 0 Å². The molecule has 3 atom stereocenters. The molecule has 0 unspecified atom stereocenters. The van der Waals surface area contributed by atoms with E-state index in [0.29, 0.717) is 6.54 Å². The van der Waals surface area contributed by atoms with E-state index in [9.17, 15) is 9.59 Å². The van der Waals surface area contributed by atoms with Gasteiger partial charge in [0.15, 0.2) is 5.78 Å². The van der Waals surface area contributed by atoms with Gasteiger partial charge in [0.1, 0.15) is 0 Å². The van der Waals surface area contributed by atoms with E-state index in [1.54, 1.807) is 0 Å². The molecule has 0 aromatic rings. The minimum Gasteiger partial charge on any atom is -0.356 e. The Morgan fingerprint density at radius 3 is 2.47 bits per heavy atom. The average molecular weight is 330 g/mol. The van der Waals surface area contributed by atoms with Gasteiger partial charge in [0.2, 0.25) is 5.91 Å². The molecule has 2 rings (SSSR count). The van der Waals surface area contributed by atoms with Gasteiger partial charge in [-0.1, -0.05) is 50.0 Å². The maximum Gasteiger partial charge on any atom is 0.228 e. The molecule has 0 radical (unpaired) electrons. The van der Waals surface area contributed by atoms with Gasteiger partial charge in [0, 0.05) is 12.0 Å². The Hall–Kier alpha value is -0.380. The molecule has 2 fully saturated rings. The molecular formula is C15H24BrNO2. The number of carbonyl (C=O) groups excluding carboxylic acids is 2. The molecule has 4 heteroatoms. The molecule has 3 nitrogen and oxygen atoms in total. The van der Waals surface area contributed by atoms with E-state index >= 15 is 0 Å². The molecule has 0 aliphatic heterocycles. The van der Waals surface area contributed by atoms with Crippen molar-refractivity contribution < 1.29 is 9.59 Å². The molecule has 19 heavy (non-hydrogen) atoms. The molecule has 2 bridgehead atoms. The van der Waals surface area contributed by atoms with Gasteiger partial charge in [-0.15, -0.1) is 0 Å². The molecule has 0 aromatic heterocycles. The Kier molecular flexibility index (Phi) is 3.62. The number of hydrogen-bond donors (Lipinski definition) is 1. The molecule has 0 heterocycles. The first-order valence-electron chi connectivity index (χ1n) is 7.22. The van der Waals surface area contributed by atoms with E-state index in [0.717, 1.165) is 25.7 Å². The van der Waals surface area contributed by atoms with E-state index in [2.05, 4.69) is 42.0 Å². The molecule has 1 N–H and O–H groups in total. The van der Waals surface area contributed by atoms with Crippen LogP contribution in [0.3, 0.4) is 0 Å². The zero-order valence-corrected chi connectivity index (χ0v) is 13.9. The summed E-state index contributed by atoms with van der Waals surface area (Å²) in [5.74, 6) is 0.261. The Labute approximate surface area is 124 Å². The summed E-state index contributed by atoms with van der Waals surface area (Å²) in [6.07, 6.45) is 3.67. The average Bonchev–Trinajstić information content (AvgIpc) is 2.62. The number of hydrogen-bond acceptors (Lipinski definition) is 2. The number of rotatable bonds is 4. The molecule has 2 aliphatic carbocycles. The van der Waals surface area contributed by atoms with Crippen molar-refractivity contribution >= 4 is 27.6 Å². The monoisotopic (exact) mass is 329 g/mol. The van der Waals surface area contributed by atoms with Crippen LogP contribution in [0.25, 0.3) is 0 Å². The normalized spacial score (nSPS) is 39.6. The largest absolute Gasteiger partial charge is 0.356 e. The molecule has 0 saturated heterocycles. The van der Waals surface area contributed by atoms with Crippen LogP contribution < -0.4 is 5.32 Å². The van der Waals surface area contributed by atoms with E-state index in [1.807, 2.05) is 6.92 Å². The first-order valence-corrected chi connectivity index (χ1v) is 8.14. The Bertz CT molecular complexity index is 420. The van der Waals surface area contributed by atoms with Gasteiger partial charge in [-0.2, -0.15) is 0 Å². The van der Waals surface area contributed by atoms with Crippen LogP contribution in [-0.2, 0) is 9.59 Å². The number of halogens is 1. The minimum absolute atomic E-state index is 0.0578. The highest BCUT2D eigenvalue weighted by Gasteiger charge is 2.76. The Balaban J connectivity index is 2.32. The lowest BCUT2D eigenvalue weighted by atomic mass is 9.64. The fourth-order valence-corrected chi connectivity index (χ4v) is 5.51. The topological polar surface area (TPSA) is 46.2 Å². The van der Waals surface area contributed by atoms with Crippen LogP contribution in [0.1, 0.15) is 53.4 Å². The van der Waals surface area contributed by atoms with Crippen LogP contribution >= 0.6 is 15.9 Å². The number of fused-ring (bicyclic) bond motifs is 2. The maximum atomic E-state index is 12.7. The minimum atomic E-state index is -0.577. The smallest absolute Gasteiger partial charge is 0.228 e. The van der Waals surface area contributed by atoms with Crippen LogP contribution in [0.15, 0.2) is 0 Å². The third-order valence-electron chi connectivity index (χ3n) is 5.94. The summed E-state index contributed by atoms with van der Waals surface area (Å²) in [7, 11) is 0. The second kappa shape index (κ2) is 4.57. The van der Waals surface area contributed by atoms with Gasteiger partial charge >= 0.3 is 0 Å². The number of ketones is 1. The van der Waals surface area contributed by atoms with E-state index < -0.39 is 5.41 Å². The van der Waals surface area contributed by atoms with Crippen LogP contribution in [0.5, 0.6) is 0 Å². The van der Waals surface area contributed by atoms with Crippen LogP contribution in [0, 0.1) is 16.2 Å². The lowest BCUT2D eigenvalue weighted by Gasteiger charge is -2.39. The number of alkyl halides is 1. The van der Waals surface area contributed by atoms with E-state index in [4.69, 9.17) is 0 Å². The lowest BCUT2D eigenvalue weighted by molar-refractivity contribution is -0.135.